The Hall–Kier alpha value is -3.70. The van der Waals surface area contributed by atoms with Crippen molar-refractivity contribution < 1.29 is 18.8 Å². The van der Waals surface area contributed by atoms with Gasteiger partial charge < -0.3 is 9.16 Å². The van der Waals surface area contributed by atoms with E-state index in [0.29, 0.717) is 11.1 Å². The molecule has 0 aromatic heterocycles. The number of hydrogen-bond acceptors (Lipinski definition) is 4. The van der Waals surface area contributed by atoms with Gasteiger partial charge in [-0.1, -0.05) is 104 Å². The maximum Gasteiger partial charge on any atom is 0.333 e. The Morgan fingerprint density at radius 3 is 1.51 bits per heavy atom. The van der Waals surface area contributed by atoms with E-state index in [4.69, 9.17) is 9.16 Å². The van der Waals surface area contributed by atoms with Crippen LogP contribution in [0.3, 0.4) is 0 Å². The van der Waals surface area contributed by atoms with Crippen molar-refractivity contribution in [3.05, 3.63) is 132 Å². The molecule has 0 spiro atoms. The molecule has 3 rings (SSSR count). The molecule has 0 heterocycles. The van der Waals surface area contributed by atoms with Crippen molar-refractivity contribution in [3.63, 3.8) is 0 Å². The lowest BCUT2D eigenvalue weighted by atomic mass is 9.98. The Morgan fingerprint density at radius 2 is 1.11 bits per heavy atom. The second-order valence-electron chi connectivity index (χ2n) is 8.80. The summed E-state index contributed by atoms with van der Waals surface area (Å²) < 4.78 is 10.8. The number of rotatable bonds is 8. The number of carbonyl (C=O) groups is 2. The Labute approximate surface area is 211 Å². The lowest BCUT2D eigenvalue weighted by Crippen LogP contribution is -2.25. The highest BCUT2D eigenvalue weighted by atomic mass is 28.2. The Bertz CT molecular complexity index is 1080. The van der Waals surface area contributed by atoms with E-state index in [2.05, 4.69) is 37.4 Å². The van der Waals surface area contributed by atoms with Crippen LogP contribution in [0.1, 0.15) is 49.9 Å². The van der Waals surface area contributed by atoms with Crippen LogP contribution in [-0.2, 0) is 24.4 Å². The van der Waals surface area contributed by atoms with E-state index in [-0.39, 0.29) is 17.5 Å². The van der Waals surface area contributed by atoms with E-state index < -0.39 is 15.4 Å². The minimum absolute atomic E-state index is 0.181. The molecule has 3 aromatic rings. The van der Waals surface area contributed by atoms with Crippen LogP contribution in [0, 0.1) is 0 Å². The van der Waals surface area contributed by atoms with Gasteiger partial charge in [-0.2, -0.15) is 0 Å². The summed E-state index contributed by atoms with van der Waals surface area (Å²) in [5.74, 6) is -0.641. The van der Waals surface area contributed by atoms with Gasteiger partial charge in [-0.05, 0) is 44.4 Å². The summed E-state index contributed by atoms with van der Waals surface area (Å²) in [6.45, 7) is 14.2. The van der Waals surface area contributed by atoms with Crippen LogP contribution in [0.4, 0.5) is 0 Å². The summed E-state index contributed by atoms with van der Waals surface area (Å²) in [6, 6.07) is 30.0. The quantitative estimate of drug-likeness (QED) is 0.222. The fourth-order valence-corrected chi connectivity index (χ4v) is 4.75. The molecule has 0 radical (unpaired) electrons. The second kappa shape index (κ2) is 13.3. The third kappa shape index (κ3) is 8.87. The van der Waals surface area contributed by atoms with Crippen molar-refractivity contribution in [2.24, 2.45) is 0 Å². The highest BCUT2D eigenvalue weighted by Crippen LogP contribution is 2.25. The van der Waals surface area contributed by atoms with Crippen LogP contribution in [0.25, 0.3) is 0 Å². The predicted molar refractivity (Wildman–Crippen MR) is 145 cm³/mol. The molecule has 0 atom stereocenters. The molecular weight excluding hydrogens is 452 g/mol. The molecule has 182 valence electrons. The highest BCUT2D eigenvalue weighted by Gasteiger charge is 2.25. The molecule has 0 N–H and O–H groups in total. The van der Waals surface area contributed by atoms with Crippen molar-refractivity contribution in [3.8, 4) is 0 Å². The van der Waals surface area contributed by atoms with Crippen LogP contribution < -0.4 is 0 Å². The Morgan fingerprint density at radius 1 is 0.714 bits per heavy atom. The van der Waals surface area contributed by atoms with Gasteiger partial charge in [0.05, 0.1) is 0 Å². The SMILES string of the molecule is C=C(C)C(=O)OC(C)(C)c1ccccc1.C=C(C)C(=O)O[SiH2]C(c1ccccc1)c1ccccc1. The van der Waals surface area contributed by atoms with Gasteiger partial charge >= 0.3 is 11.9 Å². The summed E-state index contributed by atoms with van der Waals surface area (Å²) in [5.41, 5.74) is 3.80. The molecule has 0 unspecified atom stereocenters. The van der Waals surface area contributed by atoms with Gasteiger partial charge in [-0.3, -0.25) is 0 Å². The van der Waals surface area contributed by atoms with Gasteiger partial charge in [-0.25, -0.2) is 9.59 Å². The Kier molecular flexibility index (Phi) is 10.4. The standard InChI is InChI=1S/C17H18O2Si.C13H16O2/c1-13(2)17(18)19-20-16(14-9-5-3-6-10-14)15-11-7-4-8-12-15;1-10(2)12(14)15-13(3,4)11-8-6-5-7-9-11/h3-12,16H,1,20H2,2H3;5-9H,1H2,2-4H3. The lowest BCUT2D eigenvalue weighted by Gasteiger charge is -2.25. The number of carbonyl (C=O) groups excluding carboxylic acids is 2. The molecule has 5 heteroatoms. The number of benzene rings is 3. The lowest BCUT2D eigenvalue weighted by molar-refractivity contribution is -0.152. The molecule has 0 bridgehead atoms. The smallest absolute Gasteiger partial charge is 0.333 e. The average Bonchev–Trinajstić information content (AvgIpc) is 2.86. The van der Waals surface area contributed by atoms with Gasteiger partial charge in [0.2, 0.25) is 9.76 Å². The first-order valence-corrected chi connectivity index (χ1v) is 12.9. The topological polar surface area (TPSA) is 52.6 Å². The van der Waals surface area contributed by atoms with E-state index in [1.165, 1.54) is 11.1 Å². The van der Waals surface area contributed by atoms with Gasteiger partial charge in [0, 0.05) is 16.7 Å². The van der Waals surface area contributed by atoms with E-state index >= 15 is 0 Å². The van der Waals surface area contributed by atoms with Crippen molar-refractivity contribution >= 4 is 21.7 Å². The summed E-state index contributed by atoms with van der Waals surface area (Å²) in [7, 11) is -1.07. The zero-order chi connectivity index (χ0) is 25.8. The zero-order valence-corrected chi connectivity index (χ0v) is 22.4. The molecule has 0 fully saturated rings. The zero-order valence-electron chi connectivity index (χ0n) is 21.0. The van der Waals surface area contributed by atoms with Crippen LogP contribution in [0.2, 0.25) is 0 Å². The third-order valence-electron chi connectivity index (χ3n) is 5.30. The van der Waals surface area contributed by atoms with E-state index in [1.807, 2.05) is 80.6 Å². The van der Waals surface area contributed by atoms with Crippen molar-refractivity contribution in [2.75, 3.05) is 0 Å². The molecule has 0 saturated heterocycles. The van der Waals surface area contributed by atoms with Crippen LogP contribution in [0.5, 0.6) is 0 Å². The fraction of sp³-hybridized carbons (Fsp3) is 0.200. The van der Waals surface area contributed by atoms with Crippen molar-refractivity contribution in [1.82, 2.24) is 0 Å². The molecule has 0 amide bonds. The first-order valence-electron chi connectivity index (χ1n) is 11.5. The van der Waals surface area contributed by atoms with Gasteiger partial charge in [0.15, 0.2) is 0 Å². The normalized spacial score (nSPS) is 10.9. The van der Waals surface area contributed by atoms with Crippen LogP contribution >= 0.6 is 0 Å². The Balaban J connectivity index is 0.000000258. The van der Waals surface area contributed by atoms with Crippen molar-refractivity contribution in [1.29, 1.82) is 0 Å². The van der Waals surface area contributed by atoms with Crippen molar-refractivity contribution in [2.45, 2.75) is 38.8 Å². The first-order chi connectivity index (χ1) is 16.6. The summed E-state index contributed by atoms with van der Waals surface area (Å²) >= 11 is 0. The highest BCUT2D eigenvalue weighted by molar-refractivity contribution is 6.35. The monoisotopic (exact) mass is 486 g/mol. The maximum absolute atomic E-state index is 11.6. The predicted octanol–water partition coefficient (Wildman–Crippen LogP) is 6.02. The maximum atomic E-state index is 11.6. The molecule has 0 aliphatic carbocycles. The largest absolute Gasteiger partial charge is 0.521 e. The van der Waals surface area contributed by atoms with E-state index in [9.17, 15) is 9.59 Å². The molecule has 35 heavy (non-hydrogen) atoms. The van der Waals surface area contributed by atoms with Gasteiger partial charge in [0.25, 0.3) is 0 Å². The summed E-state index contributed by atoms with van der Waals surface area (Å²) in [6.07, 6.45) is 0. The van der Waals surface area contributed by atoms with Gasteiger partial charge in [0.1, 0.15) is 5.60 Å². The average molecular weight is 487 g/mol. The van der Waals surface area contributed by atoms with Crippen LogP contribution in [0.15, 0.2) is 115 Å². The number of ether oxygens (including phenoxy) is 1. The fourth-order valence-electron chi connectivity index (χ4n) is 3.26. The molecule has 0 aliphatic rings. The summed E-state index contributed by atoms with van der Waals surface area (Å²) in [4.78, 5) is 23.0. The van der Waals surface area contributed by atoms with Gasteiger partial charge in [-0.15, -0.1) is 0 Å². The first kappa shape index (κ1) is 27.5. The third-order valence-corrected chi connectivity index (χ3v) is 7.00. The number of esters is 1. The molecule has 4 nitrogen and oxygen atoms in total. The van der Waals surface area contributed by atoms with E-state index in [0.717, 1.165) is 5.56 Å². The minimum atomic E-state index is -1.07. The second-order valence-corrected chi connectivity index (χ2v) is 10.2. The number of hydrogen-bond donors (Lipinski definition) is 0. The van der Waals surface area contributed by atoms with E-state index in [1.54, 1.807) is 13.8 Å². The molecule has 3 aromatic carbocycles. The molecular formula is C30H34O4Si. The van der Waals surface area contributed by atoms with Crippen LogP contribution in [-0.4, -0.2) is 21.7 Å². The molecule has 0 saturated carbocycles. The molecule has 0 aliphatic heterocycles. The minimum Gasteiger partial charge on any atom is -0.521 e. The summed E-state index contributed by atoms with van der Waals surface area (Å²) in [5, 5.41) is 0.